The van der Waals surface area contributed by atoms with E-state index in [0.717, 1.165) is 24.4 Å². The van der Waals surface area contributed by atoms with Gasteiger partial charge in [-0.05, 0) is 24.3 Å². The average molecular weight is 292 g/mol. The van der Waals surface area contributed by atoms with Crippen LogP contribution in [0.15, 0.2) is 41.6 Å². The fourth-order valence-corrected chi connectivity index (χ4v) is 2.67. The van der Waals surface area contributed by atoms with E-state index in [9.17, 15) is 12.8 Å². The SMILES string of the molecule is N#Cc1cc(F)ccc1NS(=O)(=O)c1cnccc1N. The molecule has 0 saturated carbocycles. The van der Waals surface area contributed by atoms with Crippen LogP contribution in [0.4, 0.5) is 15.8 Å². The number of rotatable bonds is 3. The number of nitriles is 1. The summed E-state index contributed by atoms with van der Waals surface area (Å²) in [6, 6.07) is 6.20. The largest absolute Gasteiger partial charge is 0.398 e. The van der Waals surface area contributed by atoms with Gasteiger partial charge in [0.25, 0.3) is 10.0 Å². The molecule has 0 atom stereocenters. The predicted octanol–water partition coefficient (Wildman–Crippen LogP) is 1.48. The molecule has 102 valence electrons. The van der Waals surface area contributed by atoms with Crippen molar-refractivity contribution in [1.29, 1.82) is 5.26 Å². The van der Waals surface area contributed by atoms with Gasteiger partial charge in [-0.3, -0.25) is 9.71 Å². The Balaban J connectivity index is 2.45. The first kappa shape index (κ1) is 13.8. The molecular weight excluding hydrogens is 283 g/mol. The molecule has 0 radical (unpaired) electrons. The normalized spacial score (nSPS) is 10.8. The maximum Gasteiger partial charge on any atom is 0.265 e. The van der Waals surface area contributed by atoms with Gasteiger partial charge in [0.05, 0.1) is 16.9 Å². The number of halogens is 1. The molecule has 0 aliphatic heterocycles. The zero-order valence-corrected chi connectivity index (χ0v) is 10.9. The topological polar surface area (TPSA) is 109 Å². The third-order valence-corrected chi connectivity index (χ3v) is 3.86. The molecule has 1 aromatic carbocycles. The summed E-state index contributed by atoms with van der Waals surface area (Å²) < 4.78 is 39.5. The standard InChI is InChI=1S/C12H9FN4O2S/c13-9-1-2-11(8(5-9)6-14)17-20(18,19)12-7-16-4-3-10(12)15/h1-5,7,17H,(H2,15,16). The van der Waals surface area contributed by atoms with Crippen LogP contribution in [0, 0.1) is 17.1 Å². The van der Waals surface area contributed by atoms with Crippen LogP contribution in [-0.4, -0.2) is 13.4 Å². The molecule has 8 heteroatoms. The lowest BCUT2D eigenvalue weighted by Crippen LogP contribution is -2.16. The van der Waals surface area contributed by atoms with Gasteiger partial charge >= 0.3 is 0 Å². The average Bonchev–Trinajstić information content (AvgIpc) is 2.41. The van der Waals surface area contributed by atoms with Crippen LogP contribution in [0.2, 0.25) is 0 Å². The van der Waals surface area contributed by atoms with Crippen molar-refractivity contribution in [3.05, 3.63) is 48.0 Å². The minimum absolute atomic E-state index is 0.0214. The van der Waals surface area contributed by atoms with Crippen molar-refractivity contribution in [3.8, 4) is 6.07 Å². The van der Waals surface area contributed by atoms with Crippen molar-refractivity contribution in [2.75, 3.05) is 10.5 Å². The monoisotopic (exact) mass is 292 g/mol. The molecule has 0 amide bonds. The second-order valence-corrected chi connectivity index (χ2v) is 5.47. The molecule has 3 N–H and O–H groups in total. The van der Waals surface area contributed by atoms with Gasteiger partial charge in [-0.1, -0.05) is 0 Å². The molecule has 6 nitrogen and oxygen atoms in total. The van der Waals surface area contributed by atoms with E-state index in [1.54, 1.807) is 6.07 Å². The Hall–Kier alpha value is -2.66. The van der Waals surface area contributed by atoms with E-state index in [2.05, 4.69) is 9.71 Å². The zero-order chi connectivity index (χ0) is 14.8. The van der Waals surface area contributed by atoms with Gasteiger partial charge in [0, 0.05) is 12.4 Å². The van der Waals surface area contributed by atoms with Crippen molar-refractivity contribution in [1.82, 2.24) is 4.98 Å². The number of aromatic nitrogens is 1. The van der Waals surface area contributed by atoms with Crippen LogP contribution >= 0.6 is 0 Å². The Morgan fingerprint density at radius 3 is 2.75 bits per heavy atom. The first-order valence-electron chi connectivity index (χ1n) is 5.36. The molecule has 0 saturated heterocycles. The van der Waals surface area contributed by atoms with Crippen molar-refractivity contribution in [2.45, 2.75) is 4.90 Å². The summed E-state index contributed by atoms with van der Waals surface area (Å²) >= 11 is 0. The summed E-state index contributed by atoms with van der Waals surface area (Å²) in [4.78, 5) is 3.47. The number of nitrogen functional groups attached to an aromatic ring is 1. The van der Waals surface area contributed by atoms with Gasteiger partial charge in [-0.2, -0.15) is 5.26 Å². The van der Waals surface area contributed by atoms with E-state index >= 15 is 0 Å². The number of nitrogens with one attached hydrogen (secondary N) is 1. The maximum absolute atomic E-state index is 13.0. The Kier molecular flexibility index (Phi) is 3.54. The quantitative estimate of drug-likeness (QED) is 0.890. The van der Waals surface area contributed by atoms with Crippen molar-refractivity contribution in [3.63, 3.8) is 0 Å². The molecule has 0 spiro atoms. The van der Waals surface area contributed by atoms with Gasteiger partial charge in [0.2, 0.25) is 0 Å². The molecule has 1 aromatic heterocycles. The maximum atomic E-state index is 13.0. The zero-order valence-electron chi connectivity index (χ0n) is 10.0. The molecule has 0 aliphatic rings. The number of anilines is 2. The minimum atomic E-state index is -4.00. The highest BCUT2D eigenvalue weighted by molar-refractivity contribution is 7.92. The molecule has 1 heterocycles. The summed E-state index contributed by atoms with van der Waals surface area (Å²) in [5, 5.41) is 8.88. The van der Waals surface area contributed by atoms with Gasteiger partial charge in [0.15, 0.2) is 0 Å². The minimum Gasteiger partial charge on any atom is -0.398 e. The van der Waals surface area contributed by atoms with E-state index in [1.807, 2.05) is 0 Å². The number of benzene rings is 1. The van der Waals surface area contributed by atoms with Crippen LogP contribution in [0.3, 0.4) is 0 Å². The van der Waals surface area contributed by atoms with Crippen molar-refractivity contribution < 1.29 is 12.8 Å². The van der Waals surface area contributed by atoms with E-state index in [-0.39, 0.29) is 21.8 Å². The van der Waals surface area contributed by atoms with E-state index in [4.69, 9.17) is 11.0 Å². The number of hydrogen-bond acceptors (Lipinski definition) is 5. The molecule has 0 aliphatic carbocycles. The highest BCUT2D eigenvalue weighted by Gasteiger charge is 2.19. The summed E-state index contributed by atoms with van der Waals surface area (Å²) in [6.45, 7) is 0. The third kappa shape index (κ3) is 2.67. The first-order valence-corrected chi connectivity index (χ1v) is 6.84. The van der Waals surface area contributed by atoms with Crippen molar-refractivity contribution >= 4 is 21.4 Å². The fourth-order valence-electron chi connectivity index (χ4n) is 1.51. The van der Waals surface area contributed by atoms with Crippen LogP contribution in [0.25, 0.3) is 0 Å². The molecule has 0 fully saturated rings. The van der Waals surface area contributed by atoms with Gasteiger partial charge in [-0.15, -0.1) is 0 Å². The predicted molar refractivity (Wildman–Crippen MR) is 70.6 cm³/mol. The lowest BCUT2D eigenvalue weighted by Gasteiger charge is -2.10. The van der Waals surface area contributed by atoms with Gasteiger partial charge in [-0.25, -0.2) is 12.8 Å². The first-order chi connectivity index (χ1) is 9.44. The Labute approximate surface area is 114 Å². The molecule has 20 heavy (non-hydrogen) atoms. The highest BCUT2D eigenvalue weighted by Crippen LogP contribution is 2.23. The molecule has 0 unspecified atom stereocenters. The molecule has 2 aromatic rings. The summed E-state index contributed by atoms with van der Waals surface area (Å²) in [7, 11) is -4.00. The second-order valence-electron chi connectivity index (χ2n) is 3.82. The van der Waals surface area contributed by atoms with Gasteiger partial charge < -0.3 is 5.73 Å². The lowest BCUT2D eigenvalue weighted by molar-refractivity contribution is 0.601. The smallest absolute Gasteiger partial charge is 0.265 e. The van der Waals surface area contributed by atoms with Crippen LogP contribution in [-0.2, 0) is 10.0 Å². The van der Waals surface area contributed by atoms with Crippen molar-refractivity contribution in [2.24, 2.45) is 0 Å². The van der Waals surface area contributed by atoms with Gasteiger partial charge in [0.1, 0.15) is 16.8 Å². The summed E-state index contributed by atoms with van der Waals surface area (Å²) in [5.74, 6) is -0.634. The molecule has 2 rings (SSSR count). The summed E-state index contributed by atoms with van der Waals surface area (Å²) in [5.41, 5.74) is 5.43. The Morgan fingerprint density at radius 1 is 1.35 bits per heavy atom. The fraction of sp³-hybridized carbons (Fsp3) is 0. The van der Waals surface area contributed by atoms with Crippen LogP contribution in [0.1, 0.15) is 5.56 Å². The third-order valence-electron chi connectivity index (χ3n) is 2.45. The van der Waals surface area contributed by atoms with Crippen LogP contribution in [0.5, 0.6) is 0 Å². The van der Waals surface area contributed by atoms with Crippen LogP contribution < -0.4 is 10.5 Å². The number of sulfonamides is 1. The highest BCUT2D eigenvalue weighted by atomic mass is 32.2. The second kappa shape index (κ2) is 5.14. The Bertz CT molecular complexity index is 799. The summed E-state index contributed by atoms with van der Waals surface area (Å²) in [6.07, 6.45) is 2.44. The van der Waals surface area contributed by atoms with E-state index < -0.39 is 15.8 Å². The lowest BCUT2D eigenvalue weighted by atomic mass is 10.2. The number of pyridine rings is 1. The van der Waals surface area contributed by atoms with E-state index in [0.29, 0.717) is 0 Å². The Morgan fingerprint density at radius 2 is 2.10 bits per heavy atom. The molecule has 0 bridgehead atoms. The molecular formula is C12H9FN4O2S. The number of hydrogen-bond donors (Lipinski definition) is 2. The number of nitrogens with zero attached hydrogens (tertiary/aromatic N) is 2. The van der Waals surface area contributed by atoms with E-state index in [1.165, 1.54) is 12.3 Å². The number of nitrogens with two attached hydrogens (primary N) is 1.